The number of fused-ring (bicyclic) bond motifs is 1. The first-order chi connectivity index (χ1) is 8.36. The van der Waals surface area contributed by atoms with Crippen LogP contribution in [0.15, 0.2) is 11.0 Å². The van der Waals surface area contributed by atoms with Gasteiger partial charge in [-0.2, -0.15) is 5.10 Å². The number of nitrogens with one attached hydrogen (secondary N) is 1. The summed E-state index contributed by atoms with van der Waals surface area (Å²) in [6, 6.07) is 0.212. The molecule has 0 atom stereocenters. The third-order valence-electron chi connectivity index (χ3n) is 3.56. The van der Waals surface area contributed by atoms with Gasteiger partial charge >= 0.3 is 0 Å². The molecule has 92 valence electrons. The molecule has 1 saturated heterocycles. The smallest absolute Gasteiger partial charge is 0.272 e. The van der Waals surface area contributed by atoms with Gasteiger partial charge in [0.2, 0.25) is 0 Å². The lowest BCUT2D eigenvalue weighted by Crippen LogP contribution is -2.34. The van der Waals surface area contributed by atoms with Crippen LogP contribution < -0.4 is 10.9 Å². The summed E-state index contributed by atoms with van der Waals surface area (Å²) in [6.07, 6.45) is 5.47. The van der Waals surface area contributed by atoms with Crippen LogP contribution in [-0.2, 0) is 11.2 Å². The van der Waals surface area contributed by atoms with Crippen LogP contribution in [0.1, 0.15) is 30.9 Å². The molecule has 2 aliphatic heterocycles. The van der Waals surface area contributed by atoms with Gasteiger partial charge in [0.1, 0.15) is 0 Å². The predicted molar refractivity (Wildman–Crippen MR) is 64.4 cm³/mol. The standard InChI is InChI=1S/C12H17N3O2/c16-12-10-2-1-5-13-11(10)8-14-15(12)9-3-6-17-7-4-9/h8-9,13H,1-7H2. The fourth-order valence-corrected chi connectivity index (χ4v) is 2.58. The lowest BCUT2D eigenvalue weighted by Gasteiger charge is -2.25. The second kappa shape index (κ2) is 4.49. The molecule has 0 aromatic carbocycles. The molecule has 2 aliphatic rings. The van der Waals surface area contributed by atoms with Gasteiger partial charge in [-0.3, -0.25) is 4.79 Å². The lowest BCUT2D eigenvalue weighted by molar-refractivity contribution is 0.0647. The van der Waals surface area contributed by atoms with E-state index in [0.717, 1.165) is 56.7 Å². The summed E-state index contributed by atoms with van der Waals surface area (Å²) in [5.41, 5.74) is 1.91. The second-order valence-electron chi connectivity index (χ2n) is 4.66. The van der Waals surface area contributed by atoms with Gasteiger partial charge in [-0.25, -0.2) is 4.68 Å². The zero-order chi connectivity index (χ0) is 11.7. The van der Waals surface area contributed by atoms with Gasteiger partial charge in [-0.05, 0) is 25.7 Å². The number of rotatable bonds is 1. The van der Waals surface area contributed by atoms with E-state index < -0.39 is 0 Å². The normalized spacial score (nSPS) is 20.7. The predicted octanol–water partition coefficient (Wildman–Crippen LogP) is 0.953. The third kappa shape index (κ3) is 1.95. The van der Waals surface area contributed by atoms with Crippen molar-refractivity contribution < 1.29 is 4.74 Å². The first-order valence-electron chi connectivity index (χ1n) is 6.28. The Morgan fingerprint density at radius 2 is 2.24 bits per heavy atom. The van der Waals surface area contributed by atoms with Crippen molar-refractivity contribution in [3.63, 3.8) is 0 Å². The Morgan fingerprint density at radius 3 is 3.06 bits per heavy atom. The van der Waals surface area contributed by atoms with Crippen molar-refractivity contribution in [1.82, 2.24) is 9.78 Å². The second-order valence-corrected chi connectivity index (χ2v) is 4.66. The van der Waals surface area contributed by atoms with Crippen LogP contribution in [0.4, 0.5) is 5.69 Å². The zero-order valence-electron chi connectivity index (χ0n) is 9.82. The summed E-state index contributed by atoms with van der Waals surface area (Å²) in [5.74, 6) is 0. The zero-order valence-corrected chi connectivity index (χ0v) is 9.82. The molecule has 0 bridgehead atoms. The Bertz CT molecular complexity index is 463. The van der Waals surface area contributed by atoms with Crippen LogP contribution in [0.2, 0.25) is 0 Å². The maximum absolute atomic E-state index is 12.3. The van der Waals surface area contributed by atoms with Crippen molar-refractivity contribution in [3.8, 4) is 0 Å². The van der Waals surface area contributed by atoms with Gasteiger partial charge in [0.25, 0.3) is 5.56 Å². The Morgan fingerprint density at radius 1 is 1.41 bits per heavy atom. The maximum atomic E-state index is 12.3. The monoisotopic (exact) mass is 235 g/mol. The van der Waals surface area contributed by atoms with Crippen molar-refractivity contribution in [2.75, 3.05) is 25.1 Å². The number of ether oxygens (including phenoxy) is 1. The van der Waals surface area contributed by atoms with E-state index in [2.05, 4.69) is 10.4 Å². The number of aromatic nitrogens is 2. The Hall–Kier alpha value is -1.36. The molecule has 3 heterocycles. The molecule has 3 rings (SSSR count). The van der Waals surface area contributed by atoms with E-state index in [9.17, 15) is 4.79 Å². The largest absolute Gasteiger partial charge is 0.383 e. The molecule has 0 radical (unpaired) electrons. The summed E-state index contributed by atoms with van der Waals surface area (Å²) >= 11 is 0. The van der Waals surface area contributed by atoms with E-state index in [1.807, 2.05) is 0 Å². The minimum absolute atomic E-state index is 0.0848. The molecule has 0 unspecified atom stereocenters. The molecule has 1 fully saturated rings. The van der Waals surface area contributed by atoms with Crippen LogP contribution in [0.5, 0.6) is 0 Å². The molecular weight excluding hydrogens is 218 g/mol. The molecule has 1 aromatic rings. The molecule has 0 aliphatic carbocycles. The van der Waals surface area contributed by atoms with E-state index in [0.29, 0.717) is 0 Å². The number of nitrogens with zero attached hydrogens (tertiary/aromatic N) is 2. The van der Waals surface area contributed by atoms with Crippen LogP contribution in [0.3, 0.4) is 0 Å². The van der Waals surface area contributed by atoms with Crippen molar-refractivity contribution in [2.45, 2.75) is 31.7 Å². The molecule has 1 N–H and O–H groups in total. The van der Waals surface area contributed by atoms with E-state index >= 15 is 0 Å². The highest BCUT2D eigenvalue weighted by Crippen LogP contribution is 2.21. The fraction of sp³-hybridized carbons (Fsp3) is 0.667. The minimum Gasteiger partial charge on any atom is -0.383 e. The first-order valence-corrected chi connectivity index (χ1v) is 6.28. The van der Waals surface area contributed by atoms with Gasteiger partial charge in [0.05, 0.1) is 17.9 Å². The number of anilines is 1. The molecule has 0 spiro atoms. The quantitative estimate of drug-likeness (QED) is 0.787. The summed E-state index contributed by atoms with van der Waals surface area (Å²) in [4.78, 5) is 12.3. The molecule has 17 heavy (non-hydrogen) atoms. The maximum Gasteiger partial charge on any atom is 0.272 e. The lowest BCUT2D eigenvalue weighted by atomic mass is 10.1. The van der Waals surface area contributed by atoms with Gasteiger partial charge in [0.15, 0.2) is 0 Å². The Balaban J connectivity index is 1.97. The topological polar surface area (TPSA) is 56.2 Å². The highest BCUT2D eigenvalue weighted by Gasteiger charge is 2.21. The Labute approximate surface area is 99.8 Å². The Kier molecular flexibility index (Phi) is 2.84. The summed E-state index contributed by atoms with van der Waals surface area (Å²) in [7, 11) is 0. The summed E-state index contributed by atoms with van der Waals surface area (Å²) in [6.45, 7) is 2.40. The highest BCUT2D eigenvalue weighted by molar-refractivity contribution is 5.49. The van der Waals surface area contributed by atoms with Crippen molar-refractivity contribution in [2.24, 2.45) is 0 Å². The number of hydrogen-bond acceptors (Lipinski definition) is 4. The molecule has 0 amide bonds. The van der Waals surface area contributed by atoms with E-state index in [1.54, 1.807) is 10.9 Å². The average molecular weight is 235 g/mol. The summed E-state index contributed by atoms with van der Waals surface area (Å²) in [5, 5.41) is 7.53. The fourth-order valence-electron chi connectivity index (χ4n) is 2.58. The van der Waals surface area contributed by atoms with Crippen molar-refractivity contribution >= 4 is 5.69 Å². The van der Waals surface area contributed by atoms with E-state index in [1.165, 1.54) is 0 Å². The van der Waals surface area contributed by atoms with Crippen molar-refractivity contribution in [3.05, 3.63) is 22.1 Å². The van der Waals surface area contributed by atoms with Crippen LogP contribution >= 0.6 is 0 Å². The van der Waals surface area contributed by atoms with E-state index in [-0.39, 0.29) is 11.6 Å². The molecular formula is C12H17N3O2. The van der Waals surface area contributed by atoms with Gasteiger partial charge in [0, 0.05) is 25.3 Å². The third-order valence-corrected chi connectivity index (χ3v) is 3.56. The van der Waals surface area contributed by atoms with Gasteiger partial charge in [-0.15, -0.1) is 0 Å². The average Bonchev–Trinajstić information content (AvgIpc) is 2.40. The molecule has 1 aromatic heterocycles. The van der Waals surface area contributed by atoms with Crippen LogP contribution in [0.25, 0.3) is 0 Å². The van der Waals surface area contributed by atoms with Crippen LogP contribution in [0, 0.1) is 0 Å². The van der Waals surface area contributed by atoms with E-state index in [4.69, 9.17) is 4.74 Å². The van der Waals surface area contributed by atoms with Gasteiger partial charge in [-0.1, -0.05) is 0 Å². The first kappa shape index (κ1) is 10.8. The SMILES string of the molecule is O=c1c2c(cnn1C1CCOCC1)NCCC2. The van der Waals surface area contributed by atoms with Gasteiger partial charge < -0.3 is 10.1 Å². The van der Waals surface area contributed by atoms with Crippen LogP contribution in [-0.4, -0.2) is 29.5 Å². The number of hydrogen-bond donors (Lipinski definition) is 1. The molecule has 5 heteroatoms. The molecule has 5 nitrogen and oxygen atoms in total. The molecule has 0 saturated carbocycles. The highest BCUT2D eigenvalue weighted by atomic mass is 16.5. The minimum atomic E-state index is 0.0848. The van der Waals surface area contributed by atoms with Crippen molar-refractivity contribution in [1.29, 1.82) is 0 Å². The summed E-state index contributed by atoms with van der Waals surface area (Å²) < 4.78 is 6.98.